The smallest absolute Gasteiger partial charge is 0.308 e. The number of hydrogen-bond donors (Lipinski definition) is 0. The molecule has 8 aromatic carbocycles. The van der Waals surface area contributed by atoms with E-state index in [0.717, 1.165) is 78.0 Å². The molecule has 2 heterocycles. The minimum absolute atomic E-state index is 0.315. The molecule has 0 aliphatic rings. The van der Waals surface area contributed by atoms with Gasteiger partial charge in [0.25, 0.3) is 0 Å². The van der Waals surface area contributed by atoms with Gasteiger partial charge in [0.15, 0.2) is 0 Å². The molecule has 0 saturated carbocycles. The summed E-state index contributed by atoms with van der Waals surface area (Å²) in [6.07, 6.45) is -4.58. The second kappa shape index (κ2) is 14.2. The molecule has 5 nitrogen and oxygen atoms in total. The molecule has 0 aliphatic carbocycles. The van der Waals surface area contributed by atoms with E-state index in [1.807, 2.05) is 143 Å². The summed E-state index contributed by atoms with van der Waals surface area (Å²) in [7, 11) is 0. The van der Waals surface area contributed by atoms with Crippen LogP contribution in [0, 0.1) is 40.9 Å². The number of halogens is 3. The normalized spacial score (nSPS) is 11.6. The van der Waals surface area contributed by atoms with Gasteiger partial charge in [-0.1, -0.05) is 91.0 Å². The van der Waals surface area contributed by atoms with Gasteiger partial charge in [0.2, 0.25) is 0 Å². The summed E-state index contributed by atoms with van der Waals surface area (Å²) in [6, 6.07) is 57.3. The summed E-state index contributed by atoms with van der Waals surface area (Å²) >= 11 is 0. The number of aromatic nitrogens is 2. The largest absolute Gasteiger partial charge is 0.416 e. The van der Waals surface area contributed by atoms with Crippen molar-refractivity contribution in [1.29, 1.82) is 15.8 Å². The van der Waals surface area contributed by atoms with Crippen molar-refractivity contribution in [2.24, 2.45) is 0 Å². The molecule has 0 unspecified atom stereocenters. The van der Waals surface area contributed by atoms with Crippen LogP contribution in [0.2, 0.25) is 0 Å². The monoisotopic (exact) mass is 793 g/mol. The number of nitrogens with zero attached hydrogens (tertiary/aromatic N) is 5. The van der Waals surface area contributed by atoms with E-state index in [0.29, 0.717) is 44.8 Å². The van der Waals surface area contributed by atoms with E-state index >= 15 is 0 Å². The number of alkyl halides is 3. The third-order valence-corrected chi connectivity index (χ3v) is 11.5. The van der Waals surface area contributed by atoms with E-state index in [4.69, 9.17) is 0 Å². The summed E-state index contributed by atoms with van der Waals surface area (Å²) in [6.45, 7) is 1.65. The lowest BCUT2D eigenvalue weighted by Gasteiger charge is -2.19. The van der Waals surface area contributed by atoms with E-state index in [-0.39, 0.29) is 0 Å². The highest BCUT2D eigenvalue weighted by atomic mass is 19.4. The van der Waals surface area contributed by atoms with Gasteiger partial charge in [-0.3, -0.25) is 0 Å². The van der Waals surface area contributed by atoms with Gasteiger partial charge in [0.05, 0.1) is 62.3 Å². The molecule has 0 spiro atoms. The molecule has 2 aromatic heterocycles. The van der Waals surface area contributed by atoms with Gasteiger partial charge in [-0.2, -0.15) is 29.0 Å². The first-order valence-corrected chi connectivity index (χ1v) is 19.5. The maximum Gasteiger partial charge on any atom is 0.416 e. The maximum absolute atomic E-state index is 14.4. The molecule has 0 fully saturated rings. The average molecular weight is 794 g/mol. The second-order valence-electron chi connectivity index (χ2n) is 15.1. The minimum atomic E-state index is -4.58. The highest BCUT2D eigenvalue weighted by Crippen LogP contribution is 2.43. The number of fused-ring (bicyclic) bond motifs is 6. The second-order valence-corrected chi connectivity index (χ2v) is 15.1. The number of hydrogen-bond acceptors (Lipinski definition) is 3. The topological polar surface area (TPSA) is 81.2 Å². The van der Waals surface area contributed by atoms with Gasteiger partial charge in [0, 0.05) is 21.5 Å². The summed E-state index contributed by atoms with van der Waals surface area (Å²) in [5, 5.41) is 34.8. The highest BCUT2D eigenvalue weighted by molar-refractivity contribution is 6.12. The van der Waals surface area contributed by atoms with Crippen LogP contribution in [0.4, 0.5) is 13.2 Å². The number of para-hydroxylation sites is 2. The molecule has 0 atom stereocenters. The number of benzene rings is 8. The van der Waals surface area contributed by atoms with Crippen molar-refractivity contribution < 1.29 is 13.2 Å². The Morgan fingerprint density at radius 3 is 1.34 bits per heavy atom. The average Bonchev–Trinajstić information content (AvgIpc) is 3.80. The van der Waals surface area contributed by atoms with Gasteiger partial charge in [-0.05, 0) is 119 Å². The zero-order valence-corrected chi connectivity index (χ0v) is 32.5. The van der Waals surface area contributed by atoms with Crippen LogP contribution in [0.25, 0.3) is 88.4 Å². The predicted octanol–water partition coefficient (Wildman–Crippen LogP) is 13.8. The summed E-state index contributed by atoms with van der Waals surface area (Å²) in [4.78, 5) is 0. The number of nitriles is 3. The molecule has 10 rings (SSSR count). The highest BCUT2D eigenvalue weighted by Gasteiger charge is 2.31. The van der Waals surface area contributed by atoms with E-state index in [1.165, 1.54) is 0 Å². The van der Waals surface area contributed by atoms with Gasteiger partial charge in [0.1, 0.15) is 11.6 Å². The standard InChI is InChI=1S/C53H30F3N5/c1-32-22-37(24-39(23-32)53(54,55)56)38-27-51(60-47-16-8-6-14-42(47)44-25-33(18-20-49(44)60)40-12-4-2-10-35(40)29-57)46(31-59)52(28-38)61-48-17-9-7-15-43(48)45-26-34(19-21-50(45)61)41-13-5-3-11-36(41)30-58/h2-28H,1H3. The van der Waals surface area contributed by atoms with Crippen LogP contribution in [0.1, 0.15) is 27.8 Å². The predicted molar refractivity (Wildman–Crippen MR) is 235 cm³/mol. The zero-order chi connectivity index (χ0) is 42.0. The van der Waals surface area contributed by atoms with Crippen molar-refractivity contribution in [2.75, 3.05) is 0 Å². The number of aryl methyl sites for hydroxylation is 1. The first-order valence-electron chi connectivity index (χ1n) is 19.5. The third-order valence-electron chi connectivity index (χ3n) is 11.5. The molecule has 0 bridgehead atoms. The Hall–Kier alpha value is -8.38. The molecule has 0 amide bonds. The molecule has 61 heavy (non-hydrogen) atoms. The molecule has 0 radical (unpaired) electrons. The molecule has 0 N–H and O–H groups in total. The van der Waals surface area contributed by atoms with Gasteiger partial charge < -0.3 is 9.13 Å². The molecular weight excluding hydrogens is 764 g/mol. The van der Waals surface area contributed by atoms with Crippen molar-refractivity contribution in [3.05, 3.63) is 192 Å². The molecular formula is C53H30F3N5. The zero-order valence-electron chi connectivity index (χ0n) is 32.5. The SMILES string of the molecule is Cc1cc(-c2cc(-n3c4ccccc4c4cc(-c5ccccc5C#N)ccc43)c(C#N)c(-n3c4ccccc4c4cc(-c5ccccc5C#N)ccc43)c2)cc(C(F)(F)F)c1. The van der Waals surface area contributed by atoms with E-state index in [1.54, 1.807) is 25.1 Å². The van der Waals surface area contributed by atoms with E-state index < -0.39 is 11.7 Å². The minimum Gasteiger partial charge on any atom is -0.308 e. The van der Waals surface area contributed by atoms with Gasteiger partial charge in [-0.25, -0.2) is 0 Å². The van der Waals surface area contributed by atoms with Crippen LogP contribution in [-0.4, -0.2) is 9.13 Å². The fraction of sp³-hybridized carbons (Fsp3) is 0.0377. The molecule has 288 valence electrons. The van der Waals surface area contributed by atoms with Crippen LogP contribution in [0.3, 0.4) is 0 Å². The lowest BCUT2D eigenvalue weighted by molar-refractivity contribution is -0.137. The van der Waals surface area contributed by atoms with Crippen molar-refractivity contribution in [3.8, 4) is 63.0 Å². The fourth-order valence-corrected chi connectivity index (χ4v) is 8.82. The van der Waals surface area contributed by atoms with Crippen molar-refractivity contribution in [1.82, 2.24) is 9.13 Å². The van der Waals surface area contributed by atoms with Crippen LogP contribution in [0.15, 0.2) is 164 Å². The van der Waals surface area contributed by atoms with Crippen molar-refractivity contribution in [2.45, 2.75) is 13.1 Å². The first-order chi connectivity index (χ1) is 29.7. The van der Waals surface area contributed by atoms with Crippen LogP contribution in [-0.2, 0) is 6.18 Å². The Morgan fingerprint density at radius 1 is 0.426 bits per heavy atom. The van der Waals surface area contributed by atoms with E-state index in [9.17, 15) is 29.0 Å². The van der Waals surface area contributed by atoms with Crippen LogP contribution in [0.5, 0.6) is 0 Å². The lowest BCUT2D eigenvalue weighted by Crippen LogP contribution is -2.07. The first kappa shape index (κ1) is 36.9. The summed E-state index contributed by atoms with van der Waals surface area (Å²) in [5.74, 6) is 0. The van der Waals surface area contributed by atoms with Crippen molar-refractivity contribution >= 4 is 43.6 Å². The Labute approximate surface area is 348 Å². The fourth-order valence-electron chi connectivity index (χ4n) is 8.82. The number of rotatable bonds is 5. The Morgan fingerprint density at radius 2 is 0.869 bits per heavy atom. The molecule has 0 saturated heterocycles. The Kier molecular flexibility index (Phi) is 8.58. The Balaban J connectivity index is 1.31. The van der Waals surface area contributed by atoms with Crippen LogP contribution < -0.4 is 0 Å². The molecule has 10 aromatic rings. The third kappa shape index (κ3) is 5.99. The molecule has 8 heteroatoms. The van der Waals surface area contributed by atoms with Crippen LogP contribution >= 0.6 is 0 Å². The molecule has 0 aliphatic heterocycles. The Bertz CT molecular complexity index is 3390. The van der Waals surface area contributed by atoms with E-state index in [2.05, 4.69) is 18.2 Å². The summed E-state index contributed by atoms with van der Waals surface area (Å²) < 4.78 is 47.2. The van der Waals surface area contributed by atoms with Crippen molar-refractivity contribution in [3.63, 3.8) is 0 Å². The van der Waals surface area contributed by atoms with Gasteiger partial charge in [-0.15, -0.1) is 0 Å². The summed E-state index contributed by atoms with van der Waals surface area (Å²) in [5.41, 5.74) is 9.34. The lowest BCUT2D eigenvalue weighted by atomic mass is 9.96. The maximum atomic E-state index is 14.4. The van der Waals surface area contributed by atoms with Gasteiger partial charge >= 0.3 is 6.18 Å². The quantitative estimate of drug-likeness (QED) is 0.174.